The fourth-order valence-corrected chi connectivity index (χ4v) is 7.39. The molecule has 0 amide bonds. The Morgan fingerprint density at radius 1 is 0.650 bits per heavy atom. The Kier molecular flexibility index (Phi) is 7.47. The third kappa shape index (κ3) is 5.18. The molecule has 0 radical (unpaired) electrons. The van der Waals surface area contributed by atoms with Gasteiger partial charge in [0.15, 0.2) is 0 Å². The van der Waals surface area contributed by atoms with Crippen molar-refractivity contribution >= 4 is 55.8 Å². The summed E-state index contributed by atoms with van der Waals surface area (Å²) in [5, 5.41) is 0. The van der Waals surface area contributed by atoms with Crippen LogP contribution in [0.25, 0.3) is 23.7 Å². The predicted octanol–water partition coefficient (Wildman–Crippen LogP) is 8.86. The monoisotopic (exact) mass is 594 g/mol. The van der Waals surface area contributed by atoms with E-state index in [2.05, 4.69) is 0 Å². The number of rotatable bonds is 6. The van der Waals surface area contributed by atoms with Gasteiger partial charge in [0, 0.05) is 20.9 Å². The molecule has 5 nitrogen and oxygen atoms in total. The van der Waals surface area contributed by atoms with Gasteiger partial charge in [-0.05, 0) is 71.8 Å². The van der Waals surface area contributed by atoms with Crippen LogP contribution in [0.5, 0.6) is 11.5 Å². The van der Waals surface area contributed by atoms with Crippen molar-refractivity contribution in [2.75, 3.05) is 14.2 Å². The highest BCUT2D eigenvalue weighted by molar-refractivity contribution is 8.00. The van der Waals surface area contributed by atoms with Crippen molar-refractivity contribution in [3.63, 3.8) is 0 Å². The van der Waals surface area contributed by atoms with Crippen molar-refractivity contribution < 1.29 is 32.2 Å². The summed E-state index contributed by atoms with van der Waals surface area (Å²) in [6, 6.07) is 19.9. The lowest BCUT2D eigenvalue weighted by molar-refractivity contribution is 0.347. The van der Waals surface area contributed by atoms with E-state index in [1.54, 1.807) is 38.5 Å². The van der Waals surface area contributed by atoms with E-state index in [4.69, 9.17) is 18.5 Å². The zero-order chi connectivity index (χ0) is 27.8. The zero-order valence-electron chi connectivity index (χ0n) is 21.2. The third-order valence-corrected chi connectivity index (χ3v) is 9.33. The molecule has 0 aromatic heterocycles. The smallest absolute Gasteiger partial charge is 0.460 e. The maximum absolute atomic E-state index is 14.1. The van der Waals surface area contributed by atoms with Gasteiger partial charge in [0.1, 0.15) is 34.7 Å². The quantitative estimate of drug-likeness (QED) is 0.224. The van der Waals surface area contributed by atoms with Gasteiger partial charge in [-0.25, -0.2) is 8.78 Å². The average molecular weight is 595 g/mol. The summed E-state index contributed by atoms with van der Waals surface area (Å²) in [4.78, 5) is 14.0. The van der Waals surface area contributed by atoms with Crippen molar-refractivity contribution in [2.24, 2.45) is 0 Å². The maximum atomic E-state index is 14.1. The first-order valence-corrected chi connectivity index (χ1v) is 14.8. The molecule has 0 fully saturated rings. The standard InChI is InChI=1S/C30H21F2O5PS2/c1-34-23-7-3-5-21-25(13-17-9-11-19(31)15-27(17)39-29(21)23)36-38(33)37-26-14-18-10-12-20(32)16-28(18)40-30-22(26)6-4-8-24(30)35-2/h3-16,33H,1-2H3. The predicted molar refractivity (Wildman–Crippen MR) is 154 cm³/mol. The molecule has 0 bridgehead atoms. The second kappa shape index (κ2) is 11.2. The van der Waals surface area contributed by atoms with Crippen molar-refractivity contribution in [3.8, 4) is 11.5 Å². The molecule has 4 aromatic carbocycles. The second-order valence-electron chi connectivity index (χ2n) is 8.68. The van der Waals surface area contributed by atoms with E-state index in [0.717, 1.165) is 20.9 Å². The van der Waals surface area contributed by atoms with Gasteiger partial charge in [0.05, 0.1) is 24.0 Å². The molecule has 2 aliphatic heterocycles. The van der Waals surface area contributed by atoms with Gasteiger partial charge in [-0.15, -0.1) is 0 Å². The number of hydrogen-bond acceptors (Lipinski definition) is 7. The summed E-state index contributed by atoms with van der Waals surface area (Å²) < 4.78 is 51.5. The number of halogens is 2. The summed E-state index contributed by atoms with van der Waals surface area (Å²) in [7, 11) is 0.620. The first-order chi connectivity index (χ1) is 19.4. The SMILES string of the molecule is COc1cccc2c1Sc1cc(F)ccc1C=C2OP(O)OC1=Cc2ccc(F)cc2Sc2c(OC)cccc21. The highest BCUT2D eigenvalue weighted by Gasteiger charge is 2.27. The van der Waals surface area contributed by atoms with E-state index >= 15 is 0 Å². The molecule has 0 saturated heterocycles. The molecule has 0 unspecified atom stereocenters. The van der Waals surface area contributed by atoms with E-state index in [1.807, 2.05) is 36.4 Å². The van der Waals surface area contributed by atoms with Gasteiger partial charge in [0.25, 0.3) is 0 Å². The molecule has 6 rings (SSSR count). The molecule has 202 valence electrons. The lowest BCUT2D eigenvalue weighted by atomic mass is 10.1. The number of fused-ring (bicyclic) bond motifs is 4. The second-order valence-corrected chi connectivity index (χ2v) is 11.6. The Hall–Kier alpha value is -3.49. The van der Waals surface area contributed by atoms with Crippen molar-refractivity contribution in [1.29, 1.82) is 0 Å². The van der Waals surface area contributed by atoms with Crippen molar-refractivity contribution in [3.05, 3.63) is 107 Å². The summed E-state index contributed by atoms with van der Waals surface area (Å²) in [5.74, 6) is 1.15. The molecule has 2 heterocycles. The summed E-state index contributed by atoms with van der Waals surface area (Å²) in [6.07, 6.45) is 3.49. The Labute approximate surface area is 239 Å². The lowest BCUT2D eigenvalue weighted by Gasteiger charge is -2.19. The molecule has 0 spiro atoms. The lowest BCUT2D eigenvalue weighted by Crippen LogP contribution is -1.97. The fraction of sp³-hybridized carbons (Fsp3) is 0.0667. The molecule has 0 saturated carbocycles. The van der Waals surface area contributed by atoms with Crippen molar-refractivity contribution in [1.82, 2.24) is 0 Å². The number of ether oxygens (including phenoxy) is 2. The van der Waals surface area contributed by atoms with Gasteiger partial charge >= 0.3 is 8.60 Å². The molecule has 0 atom stereocenters. The maximum Gasteiger partial charge on any atom is 0.460 e. The molecule has 10 heteroatoms. The van der Waals surface area contributed by atoms with Crippen LogP contribution in [0.4, 0.5) is 8.78 Å². The van der Waals surface area contributed by atoms with Crippen LogP contribution < -0.4 is 9.47 Å². The fourth-order valence-electron chi connectivity index (χ4n) is 4.38. The summed E-state index contributed by atoms with van der Waals surface area (Å²) >= 11 is 2.71. The Bertz CT molecular complexity index is 1570. The normalized spacial score (nSPS) is 13.4. The Morgan fingerprint density at radius 2 is 1.10 bits per heavy atom. The zero-order valence-corrected chi connectivity index (χ0v) is 23.7. The van der Waals surface area contributed by atoms with E-state index in [-0.39, 0.29) is 11.6 Å². The van der Waals surface area contributed by atoms with E-state index in [0.29, 0.717) is 43.9 Å². The first kappa shape index (κ1) is 26.7. The van der Waals surface area contributed by atoms with Crippen LogP contribution in [0.3, 0.4) is 0 Å². The van der Waals surface area contributed by atoms with Crippen LogP contribution in [0, 0.1) is 11.6 Å². The minimum atomic E-state index is -2.50. The number of benzene rings is 4. The number of hydrogen-bond donors (Lipinski definition) is 1. The molecule has 0 aliphatic carbocycles. The van der Waals surface area contributed by atoms with E-state index in [1.165, 1.54) is 47.8 Å². The molecule has 4 aromatic rings. The average Bonchev–Trinajstić information content (AvgIpc) is 3.19. The van der Waals surface area contributed by atoms with Crippen molar-refractivity contribution in [2.45, 2.75) is 19.6 Å². The summed E-state index contributed by atoms with van der Waals surface area (Å²) in [5.41, 5.74) is 2.78. The minimum Gasteiger partial charge on any atom is -0.496 e. The molecule has 40 heavy (non-hydrogen) atoms. The van der Waals surface area contributed by atoms with Crippen LogP contribution >= 0.6 is 32.1 Å². The Balaban J connectivity index is 1.39. The first-order valence-electron chi connectivity index (χ1n) is 12.0. The van der Waals surface area contributed by atoms with Gasteiger partial charge < -0.3 is 23.4 Å². The van der Waals surface area contributed by atoms with E-state index < -0.39 is 8.60 Å². The van der Waals surface area contributed by atoms with Gasteiger partial charge in [-0.2, -0.15) is 0 Å². The third-order valence-electron chi connectivity index (χ3n) is 6.23. The Morgan fingerprint density at radius 3 is 1.52 bits per heavy atom. The largest absolute Gasteiger partial charge is 0.496 e. The number of methoxy groups -OCH3 is 2. The van der Waals surface area contributed by atoms with Crippen LogP contribution in [0.1, 0.15) is 22.3 Å². The van der Waals surface area contributed by atoms with Crippen LogP contribution in [-0.2, 0) is 9.05 Å². The van der Waals surface area contributed by atoms with E-state index in [9.17, 15) is 13.7 Å². The van der Waals surface area contributed by atoms with Crippen LogP contribution in [0.15, 0.2) is 92.4 Å². The molecule has 2 aliphatic rings. The topological polar surface area (TPSA) is 57.2 Å². The van der Waals surface area contributed by atoms with Crippen LogP contribution in [0.2, 0.25) is 0 Å². The molecular weight excluding hydrogens is 573 g/mol. The highest BCUT2D eigenvalue weighted by atomic mass is 32.2. The van der Waals surface area contributed by atoms with Gasteiger partial charge in [-0.1, -0.05) is 47.8 Å². The molecule has 1 N–H and O–H groups in total. The molecular formula is C30H21F2O5PS2. The van der Waals surface area contributed by atoms with Gasteiger partial charge in [-0.3, -0.25) is 0 Å². The summed E-state index contributed by atoms with van der Waals surface area (Å²) in [6.45, 7) is 0. The highest BCUT2D eigenvalue weighted by Crippen LogP contribution is 2.53. The van der Waals surface area contributed by atoms with Crippen LogP contribution in [-0.4, -0.2) is 19.1 Å². The minimum absolute atomic E-state index is 0.345. The van der Waals surface area contributed by atoms with Gasteiger partial charge in [0.2, 0.25) is 0 Å².